The number of piperazine rings is 1. The number of anilines is 1. The summed E-state index contributed by atoms with van der Waals surface area (Å²) in [4.78, 5) is 2.67. The first-order valence-corrected chi connectivity index (χ1v) is 11.9. The molecule has 1 aliphatic rings. The molecule has 1 saturated heterocycles. The zero-order valence-corrected chi connectivity index (χ0v) is 18.7. The van der Waals surface area contributed by atoms with Crippen LogP contribution < -0.4 is 4.90 Å². The Hall–Kier alpha value is -2.44. The van der Waals surface area contributed by atoms with E-state index in [1.807, 2.05) is 0 Å². The van der Waals surface area contributed by atoms with Crippen LogP contribution in [-0.2, 0) is 16.2 Å². The van der Waals surface area contributed by atoms with Crippen LogP contribution in [0.3, 0.4) is 0 Å². The number of halogens is 4. The summed E-state index contributed by atoms with van der Waals surface area (Å²) in [5.41, 5.74) is 0.334. The van der Waals surface area contributed by atoms with Crippen molar-refractivity contribution < 1.29 is 30.5 Å². The van der Waals surface area contributed by atoms with Crippen molar-refractivity contribution in [1.29, 1.82) is 0 Å². The molecule has 32 heavy (non-hydrogen) atoms. The highest BCUT2D eigenvalue weighted by atomic mass is 32.2. The minimum absolute atomic E-state index is 0.0682. The van der Waals surface area contributed by atoms with Crippen molar-refractivity contribution in [3.8, 4) is 11.3 Å². The van der Waals surface area contributed by atoms with Crippen molar-refractivity contribution in [3.63, 3.8) is 0 Å². The maximum atomic E-state index is 14.1. The molecule has 0 atom stereocenters. The molecule has 0 unspecified atom stereocenters. The second-order valence-corrected chi connectivity index (χ2v) is 10.6. The van der Waals surface area contributed by atoms with Gasteiger partial charge in [-0.15, -0.1) is 11.3 Å². The number of benzene rings is 1. The molecule has 1 fully saturated rings. The number of aromatic nitrogens is 1. The van der Waals surface area contributed by atoms with E-state index in [4.69, 9.17) is 0 Å². The number of aryl methyl sites for hydroxylation is 2. The number of rotatable bonds is 4. The number of alkyl halides is 3. The summed E-state index contributed by atoms with van der Waals surface area (Å²) in [6.45, 7) is 4.01. The van der Waals surface area contributed by atoms with E-state index in [0.29, 0.717) is 21.5 Å². The van der Waals surface area contributed by atoms with Gasteiger partial charge in [-0.3, -0.25) is 0 Å². The molecule has 2 aromatic heterocycles. The molecule has 1 aliphatic heterocycles. The second kappa shape index (κ2) is 8.16. The lowest BCUT2D eigenvalue weighted by atomic mass is 10.1. The van der Waals surface area contributed by atoms with Gasteiger partial charge in [0.05, 0.1) is 5.69 Å². The third kappa shape index (κ3) is 4.02. The molecule has 6 nitrogen and oxygen atoms in total. The third-order valence-electron chi connectivity index (χ3n) is 5.28. The van der Waals surface area contributed by atoms with Gasteiger partial charge in [0, 0.05) is 47.6 Å². The topological polar surface area (TPSA) is 66.7 Å². The monoisotopic (exact) mass is 489 g/mol. The van der Waals surface area contributed by atoms with Gasteiger partial charge in [0.1, 0.15) is 16.4 Å². The van der Waals surface area contributed by atoms with E-state index in [0.717, 1.165) is 0 Å². The van der Waals surface area contributed by atoms with Crippen molar-refractivity contribution >= 4 is 27.0 Å². The van der Waals surface area contributed by atoms with E-state index >= 15 is 0 Å². The number of hydrogen-bond donors (Lipinski definition) is 0. The Balaban J connectivity index is 1.64. The Labute approximate surface area is 186 Å². The van der Waals surface area contributed by atoms with E-state index < -0.39 is 22.0 Å². The molecule has 0 aliphatic carbocycles. The van der Waals surface area contributed by atoms with Crippen molar-refractivity contribution in [2.45, 2.75) is 24.9 Å². The molecular formula is C20H19F4N3O3S2. The van der Waals surface area contributed by atoms with Crippen molar-refractivity contribution in [3.05, 3.63) is 51.7 Å². The lowest BCUT2D eigenvalue weighted by Crippen LogP contribution is -2.49. The lowest BCUT2D eigenvalue weighted by Gasteiger charge is -2.35. The van der Waals surface area contributed by atoms with Gasteiger partial charge in [-0.25, -0.2) is 12.8 Å². The van der Waals surface area contributed by atoms with Crippen LogP contribution in [-0.4, -0.2) is 44.1 Å². The normalized spacial score (nSPS) is 16.0. The largest absolute Gasteiger partial charge is 0.452 e. The highest BCUT2D eigenvalue weighted by Gasteiger charge is 2.39. The van der Waals surface area contributed by atoms with Crippen LogP contribution in [0.1, 0.15) is 15.5 Å². The van der Waals surface area contributed by atoms with Crippen LogP contribution in [0.15, 0.2) is 39.8 Å². The van der Waals surface area contributed by atoms with Gasteiger partial charge in [-0.1, -0.05) is 17.3 Å². The quantitative estimate of drug-likeness (QED) is 0.498. The molecule has 0 N–H and O–H groups in total. The van der Waals surface area contributed by atoms with Crippen LogP contribution in [0.2, 0.25) is 0 Å². The summed E-state index contributed by atoms with van der Waals surface area (Å²) in [7, 11) is -4.03. The Morgan fingerprint density at radius 1 is 1.06 bits per heavy atom. The molecule has 4 rings (SSSR count). The molecule has 1 aromatic carbocycles. The Kier molecular flexibility index (Phi) is 5.80. The summed E-state index contributed by atoms with van der Waals surface area (Å²) < 4.78 is 85.6. The zero-order chi connectivity index (χ0) is 23.3. The maximum Gasteiger partial charge on any atom is 0.452 e. The molecule has 0 bridgehead atoms. The molecular weight excluding hydrogens is 470 g/mol. The summed E-state index contributed by atoms with van der Waals surface area (Å²) in [6.07, 6.45) is -4.73. The zero-order valence-electron chi connectivity index (χ0n) is 17.1. The van der Waals surface area contributed by atoms with Crippen LogP contribution in [0, 0.1) is 19.7 Å². The first-order chi connectivity index (χ1) is 15.0. The Morgan fingerprint density at radius 2 is 1.72 bits per heavy atom. The molecule has 3 heterocycles. The summed E-state index contributed by atoms with van der Waals surface area (Å²) in [5.74, 6) is -1.68. The predicted octanol–water partition coefficient (Wildman–Crippen LogP) is 4.69. The molecule has 3 aromatic rings. The highest BCUT2D eigenvalue weighted by molar-refractivity contribution is 7.89. The number of thiophene rings is 1. The maximum absolute atomic E-state index is 14.1. The second-order valence-electron chi connectivity index (χ2n) is 7.34. The molecule has 0 saturated carbocycles. The first-order valence-electron chi connectivity index (χ1n) is 9.64. The Bertz CT molecular complexity index is 1240. The molecule has 0 spiro atoms. The standard InChI is InChI=1S/C20H19F4N3O3S2/c1-12-18(15-11-17(30-25-15)20(22,23)24)19(13(2)31-12)32(28,29)27-9-7-26(8-10-27)16-6-4-3-5-14(16)21/h3-6,11H,7-10H2,1-2H3. The van der Waals surface area contributed by atoms with Crippen molar-refractivity contribution in [1.82, 2.24) is 9.46 Å². The minimum Gasteiger partial charge on any atom is -0.367 e. The third-order valence-corrected chi connectivity index (χ3v) is 8.50. The Morgan fingerprint density at radius 3 is 2.31 bits per heavy atom. The fourth-order valence-electron chi connectivity index (χ4n) is 3.80. The van der Waals surface area contributed by atoms with Crippen molar-refractivity contribution in [2.75, 3.05) is 31.1 Å². The SMILES string of the molecule is Cc1sc(C)c(S(=O)(=O)N2CCN(c3ccccc3F)CC2)c1-c1cc(C(F)(F)F)on1. The van der Waals surface area contributed by atoms with Crippen LogP contribution in [0.4, 0.5) is 23.2 Å². The van der Waals surface area contributed by atoms with E-state index in [2.05, 4.69) is 9.68 Å². The van der Waals surface area contributed by atoms with E-state index in [9.17, 15) is 26.0 Å². The molecule has 0 amide bonds. The predicted molar refractivity (Wildman–Crippen MR) is 112 cm³/mol. The van der Waals surface area contributed by atoms with Crippen LogP contribution in [0.5, 0.6) is 0 Å². The average Bonchev–Trinajstić information content (AvgIpc) is 3.32. The van der Waals surface area contributed by atoms with Gasteiger partial charge in [-0.05, 0) is 26.0 Å². The number of para-hydroxylation sites is 1. The van der Waals surface area contributed by atoms with E-state index in [1.165, 1.54) is 21.7 Å². The van der Waals surface area contributed by atoms with Gasteiger partial charge in [0.15, 0.2) is 0 Å². The number of sulfonamides is 1. The van der Waals surface area contributed by atoms with E-state index in [-0.39, 0.29) is 48.1 Å². The molecule has 172 valence electrons. The fourth-order valence-corrected chi connectivity index (χ4v) is 7.05. The number of hydrogen-bond acceptors (Lipinski definition) is 6. The number of nitrogens with zero attached hydrogens (tertiary/aromatic N) is 3. The van der Waals surface area contributed by atoms with Gasteiger partial charge in [0.25, 0.3) is 0 Å². The first kappa shape index (κ1) is 22.7. The van der Waals surface area contributed by atoms with Crippen LogP contribution >= 0.6 is 11.3 Å². The average molecular weight is 490 g/mol. The van der Waals surface area contributed by atoms with Gasteiger partial charge in [-0.2, -0.15) is 17.5 Å². The van der Waals surface area contributed by atoms with E-state index in [1.54, 1.807) is 36.9 Å². The highest BCUT2D eigenvalue weighted by Crippen LogP contribution is 2.42. The summed E-state index contributed by atoms with van der Waals surface area (Å²) >= 11 is 1.17. The molecule has 0 radical (unpaired) electrons. The van der Waals surface area contributed by atoms with Gasteiger partial charge >= 0.3 is 6.18 Å². The van der Waals surface area contributed by atoms with Crippen molar-refractivity contribution in [2.24, 2.45) is 0 Å². The fraction of sp³-hybridized carbons (Fsp3) is 0.350. The summed E-state index contributed by atoms with van der Waals surface area (Å²) in [5, 5.41) is 3.49. The van der Waals surface area contributed by atoms with Gasteiger partial charge in [0.2, 0.25) is 15.8 Å². The summed E-state index contributed by atoms with van der Waals surface area (Å²) in [6, 6.07) is 6.97. The van der Waals surface area contributed by atoms with Gasteiger partial charge < -0.3 is 9.42 Å². The molecule has 12 heteroatoms. The smallest absolute Gasteiger partial charge is 0.367 e. The lowest BCUT2D eigenvalue weighted by molar-refractivity contribution is -0.155. The van der Waals surface area contributed by atoms with Crippen LogP contribution in [0.25, 0.3) is 11.3 Å². The minimum atomic E-state index is -4.73.